The highest BCUT2D eigenvalue weighted by atomic mass is 32.1. The molecule has 4 rings (SSSR count). The number of nitrogens with zero attached hydrogens (tertiary/aromatic N) is 1. The molecule has 0 amide bonds. The van der Waals surface area contributed by atoms with Gasteiger partial charge in [0.2, 0.25) is 0 Å². The van der Waals surface area contributed by atoms with E-state index in [1.165, 1.54) is 11.1 Å². The summed E-state index contributed by atoms with van der Waals surface area (Å²) < 4.78 is 10.8. The SMILES string of the molecule is COc1cc2cc(CN(CCc3cccc(C)c3)C(=S)Nc3ccccc3)c(=O)[nH]c2cc1OC. The molecular weight excluding hydrogens is 458 g/mol. The molecule has 0 unspecified atom stereocenters. The number of fused-ring (bicyclic) bond motifs is 1. The Morgan fingerprint density at radius 1 is 0.971 bits per heavy atom. The number of aryl methyl sites for hydroxylation is 1. The molecular formula is C28H29N3O3S. The average Bonchev–Trinajstić information content (AvgIpc) is 2.86. The van der Waals surface area contributed by atoms with Crippen molar-refractivity contribution in [2.75, 3.05) is 26.1 Å². The Morgan fingerprint density at radius 2 is 1.71 bits per heavy atom. The molecule has 0 saturated carbocycles. The molecule has 0 aliphatic rings. The Morgan fingerprint density at radius 3 is 2.43 bits per heavy atom. The van der Waals surface area contributed by atoms with Crippen molar-refractivity contribution in [3.63, 3.8) is 0 Å². The van der Waals surface area contributed by atoms with E-state index in [1.807, 2.05) is 47.4 Å². The van der Waals surface area contributed by atoms with Crippen molar-refractivity contribution in [3.8, 4) is 11.5 Å². The summed E-state index contributed by atoms with van der Waals surface area (Å²) in [5.41, 5.74) is 4.49. The van der Waals surface area contributed by atoms with Crippen LogP contribution in [0.2, 0.25) is 0 Å². The van der Waals surface area contributed by atoms with E-state index in [4.69, 9.17) is 21.7 Å². The van der Waals surface area contributed by atoms with Crippen molar-refractivity contribution in [1.82, 2.24) is 9.88 Å². The zero-order chi connectivity index (χ0) is 24.8. The number of H-pyrrole nitrogens is 1. The smallest absolute Gasteiger partial charge is 0.253 e. The van der Waals surface area contributed by atoms with Crippen LogP contribution in [0.15, 0.2) is 77.6 Å². The summed E-state index contributed by atoms with van der Waals surface area (Å²) in [5, 5.41) is 4.73. The number of hydrogen-bond donors (Lipinski definition) is 2. The van der Waals surface area contributed by atoms with Crippen molar-refractivity contribution in [2.24, 2.45) is 0 Å². The largest absolute Gasteiger partial charge is 0.493 e. The van der Waals surface area contributed by atoms with Crippen LogP contribution in [0.1, 0.15) is 16.7 Å². The second kappa shape index (κ2) is 11.1. The number of nitrogens with one attached hydrogen (secondary N) is 2. The van der Waals surface area contributed by atoms with Crippen LogP contribution in [0.3, 0.4) is 0 Å². The van der Waals surface area contributed by atoms with Crippen molar-refractivity contribution >= 4 is 33.9 Å². The Kier molecular flexibility index (Phi) is 7.67. The molecule has 1 heterocycles. The van der Waals surface area contributed by atoms with E-state index in [0.29, 0.717) is 40.8 Å². The lowest BCUT2D eigenvalue weighted by Crippen LogP contribution is -2.37. The highest BCUT2D eigenvalue weighted by molar-refractivity contribution is 7.80. The van der Waals surface area contributed by atoms with Gasteiger partial charge in [-0.1, -0.05) is 48.0 Å². The Labute approximate surface area is 210 Å². The fourth-order valence-electron chi connectivity index (χ4n) is 4.01. The standard InChI is InChI=1S/C28H29N3O3S/c1-19-8-7-9-20(14-19)12-13-31(28(35)29-23-10-5-4-6-11-23)18-22-15-21-16-25(33-2)26(34-3)17-24(21)30-27(22)32/h4-11,14-17H,12-13,18H2,1-3H3,(H,29,35)(H,30,32). The first kappa shape index (κ1) is 24.3. The Hall–Kier alpha value is -3.84. The summed E-state index contributed by atoms with van der Waals surface area (Å²) in [6.07, 6.45) is 0.800. The molecule has 0 bridgehead atoms. The van der Waals surface area contributed by atoms with Crippen LogP contribution in [0.25, 0.3) is 10.9 Å². The van der Waals surface area contributed by atoms with Crippen molar-refractivity contribution in [1.29, 1.82) is 0 Å². The van der Waals surface area contributed by atoms with Crippen LogP contribution >= 0.6 is 12.2 Å². The van der Waals surface area contributed by atoms with Crippen LogP contribution in [0.5, 0.6) is 11.5 Å². The molecule has 35 heavy (non-hydrogen) atoms. The number of aromatic amines is 1. The maximum absolute atomic E-state index is 13.0. The highest BCUT2D eigenvalue weighted by Gasteiger charge is 2.15. The third kappa shape index (κ3) is 6.00. The van der Waals surface area contributed by atoms with Crippen LogP contribution in [0, 0.1) is 6.92 Å². The van der Waals surface area contributed by atoms with Gasteiger partial charge in [0.15, 0.2) is 16.6 Å². The van der Waals surface area contributed by atoms with Gasteiger partial charge in [0.1, 0.15) is 0 Å². The molecule has 0 aliphatic heterocycles. The molecule has 2 N–H and O–H groups in total. The lowest BCUT2D eigenvalue weighted by atomic mass is 10.1. The van der Waals surface area contributed by atoms with Gasteiger partial charge in [-0.3, -0.25) is 4.79 Å². The minimum Gasteiger partial charge on any atom is -0.493 e. The molecule has 0 aliphatic carbocycles. The zero-order valence-electron chi connectivity index (χ0n) is 20.1. The molecule has 0 fully saturated rings. The van der Waals surface area contributed by atoms with Crippen LogP contribution in [-0.4, -0.2) is 35.8 Å². The van der Waals surface area contributed by atoms with Crippen molar-refractivity contribution in [3.05, 3.63) is 99.8 Å². The number of pyridine rings is 1. The predicted molar refractivity (Wildman–Crippen MR) is 146 cm³/mol. The van der Waals surface area contributed by atoms with Gasteiger partial charge in [0.25, 0.3) is 5.56 Å². The van der Waals surface area contributed by atoms with Gasteiger partial charge in [-0.15, -0.1) is 0 Å². The number of thiocarbonyl (C=S) groups is 1. The topological polar surface area (TPSA) is 66.6 Å². The Bertz CT molecular complexity index is 1390. The van der Waals surface area contributed by atoms with E-state index in [0.717, 1.165) is 17.5 Å². The fraction of sp³-hybridized carbons (Fsp3) is 0.214. The monoisotopic (exact) mass is 487 g/mol. The predicted octanol–water partition coefficient (Wildman–Crippen LogP) is 5.30. The van der Waals surface area contributed by atoms with Gasteiger partial charge in [0.05, 0.1) is 26.3 Å². The van der Waals surface area contributed by atoms with Gasteiger partial charge in [-0.25, -0.2) is 0 Å². The highest BCUT2D eigenvalue weighted by Crippen LogP contribution is 2.31. The van der Waals surface area contributed by atoms with Crippen molar-refractivity contribution in [2.45, 2.75) is 19.9 Å². The lowest BCUT2D eigenvalue weighted by Gasteiger charge is -2.26. The molecule has 4 aromatic rings. The molecule has 6 nitrogen and oxygen atoms in total. The van der Waals surface area contributed by atoms with E-state index >= 15 is 0 Å². The number of ether oxygens (including phenoxy) is 2. The number of aromatic nitrogens is 1. The van der Waals surface area contributed by atoms with Gasteiger partial charge >= 0.3 is 0 Å². The second-order valence-corrected chi connectivity index (χ2v) is 8.76. The lowest BCUT2D eigenvalue weighted by molar-refractivity contribution is 0.355. The summed E-state index contributed by atoms with van der Waals surface area (Å²) in [7, 11) is 3.17. The van der Waals surface area contributed by atoms with Gasteiger partial charge in [-0.05, 0) is 55.4 Å². The van der Waals surface area contributed by atoms with E-state index in [1.54, 1.807) is 20.3 Å². The molecule has 1 aromatic heterocycles. The summed E-state index contributed by atoms with van der Waals surface area (Å²) in [5.74, 6) is 1.17. The summed E-state index contributed by atoms with van der Waals surface area (Å²) >= 11 is 5.78. The Balaban J connectivity index is 1.63. The molecule has 0 saturated heterocycles. The van der Waals surface area contributed by atoms with E-state index in [2.05, 4.69) is 41.5 Å². The van der Waals surface area contributed by atoms with Gasteiger partial charge < -0.3 is 24.7 Å². The number of benzene rings is 3. The minimum absolute atomic E-state index is 0.159. The molecule has 0 atom stereocenters. The molecule has 0 radical (unpaired) electrons. The maximum atomic E-state index is 13.0. The summed E-state index contributed by atoms with van der Waals surface area (Å²) in [6, 6.07) is 23.8. The number of anilines is 1. The van der Waals surface area contributed by atoms with Crippen LogP contribution in [-0.2, 0) is 13.0 Å². The normalized spacial score (nSPS) is 10.7. The molecule has 7 heteroatoms. The number of rotatable bonds is 8. The molecule has 3 aromatic carbocycles. The number of hydrogen-bond acceptors (Lipinski definition) is 4. The third-order valence-corrected chi connectivity index (χ3v) is 6.21. The summed E-state index contributed by atoms with van der Waals surface area (Å²) in [6.45, 7) is 3.11. The third-order valence-electron chi connectivity index (χ3n) is 5.85. The quantitative estimate of drug-likeness (QED) is 0.329. The fourth-order valence-corrected chi connectivity index (χ4v) is 4.28. The zero-order valence-corrected chi connectivity index (χ0v) is 20.9. The van der Waals surface area contributed by atoms with Gasteiger partial charge in [-0.2, -0.15) is 0 Å². The maximum Gasteiger partial charge on any atom is 0.253 e. The first-order valence-electron chi connectivity index (χ1n) is 11.4. The molecule has 0 spiro atoms. The first-order valence-corrected chi connectivity index (χ1v) is 11.8. The van der Waals surface area contributed by atoms with E-state index < -0.39 is 0 Å². The van der Waals surface area contributed by atoms with Gasteiger partial charge in [0, 0.05) is 29.2 Å². The second-order valence-electron chi connectivity index (χ2n) is 8.37. The van der Waals surface area contributed by atoms with Crippen molar-refractivity contribution < 1.29 is 9.47 Å². The average molecular weight is 488 g/mol. The first-order chi connectivity index (χ1) is 17.0. The van der Waals surface area contributed by atoms with Crippen LogP contribution in [0.4, 0.5) is 5.69 Å². The van der Waals surface area contributed by atoms with E-state index in [9.17, 15) is 4.79 Å². The summed E-state index contributed by atoms with van der Waals surface area (Å²) in [4.78, 5) is 18.0. The minimum atomic E-state index is -0.159. The van der Waals surface area contributed by atoms with E-state index in [-0.39, 0.29) is 5.56 Å². The van der Waals surface area contributed by atoms with Crippen LogP contribution < -0.4 is 20.3 Å². The number of para-hydroxylation sites is 1. The number of methoxy groups -OCH3 is 2. The molecule has 180 valence electrons.